The third kappa shape index (κ3) is 2.82. The van der Waals surface area contributed by atoms with Crippen molar-refractivity contribution < 1.29 is 0 Å². The minimum absolute atomic E-state index is 0.533. The van der Waals surface area contributed by atoms with Gasteiger partial charge in [0.2, 0.25) is 0 Å². The number of aryl methyl sites for hydroxylation is 1. The van der Waals surface area contributed by atoms with Crippen molar-refractivity contribution in [3.05, 3.63) is 11.8 Å². The monoisotopic (exact) mass is 235 g/mol. The summed E-state index contributed by atoms with van der Waals surface area (Å²) in [4.78, 5) is 0. The van der Waals surface area contributed by atoms with Gasteiger partial charge in [-0.15, -0.1) is 0 Å². The van der Waals surface area contributed by atoms with E-state index < -0.39 is 0 Å². The van der Waals surface area contributed by atoms with E-state index in [2.05, 4.69) is 16.7 Å². The standard InChI is InChI=1S/C14H25N3/c1-3-5-12-6-4-7-13(9-8-12)17-14(15)11(2)10-16-17/h10,12-13H,3-9,15H2,1-2H3. The van der Waals surface area contributed by atoms with Crippen LogP contribution >= 0.6 is 0 Å². The summed E-state index contributed by atoms with van der Waals surface area (Å²) >= 11 is 0. The Morgan fingerprint density at radius 3 is 2.82 bits per heavy atom. The van der Waals surface area contributed by atoms with Crippen LogP contribution in [0.3, 0.4) is 0 Å². The van der Waals surface area contributed by atoms with Crippen LogP contribution in [0.15, 0.2) is 6.20 Å². The van der Waals surface area contributed by atoms with Crippen LogP contribution in [0.4, 0.5) is 5.82 Å². The second-order valence-electron chi connectivity index (χ2n) is 5.47. The van der Waals surface area contributed by atoms with Crippen LogP contribution in [-0.4, -0.2) is 9.78 Å². The molecule has 1 fully saturated rings. The molecule has 3 nitrogen and oxygen atoms in total. The van der Waals surface area contributed by atoms with E-state index in [1.807, 2.05) is 13.1 Å². The normalized spacial score (nSPS) is 25.8. The average Bonchev–Trinajstić information content (AvgIpc) is 2.55. The predicted octanol–water partition coefficient (Wildman–Crippen LogP) is 3.70. The van der Waals surface area contributed by atoms with E-state index in [4.69, 9.17) is 5.73 Å². The van der Waals surface area contributed by atoms with Gasteiger partial charge in [0.25, 0.3) is 0 Å². The van der Waals surface area contributed by atoms with Gasteiger partial charge in [0.15, 0.2) is 0 Å². The van der Waals surface area contributed by atoms with E-state index in [-0.39, 0.29) is 0 Å². The van der Waals surface area contributed by atoms with Crippen molar-refractivity contribution in [2.45, 2.75) is 64.8 Å². The van der Waals surface area contributed by atoms with E-state index in [1.54, 1.807) is 0 Å². The van der Waals surface area contributed by atoms with Crippen molar-refractivity contribution in [1.29, 1.82) is 0 Å². The maximum atomic E-state index is 6.08. The molecule has 17 heavy (non-hydrogen) atoms. The molecule has 0 saturated heterocycles. The minimum atomic E-state index is 0.533. The molecule has 2 atom stereocenters. The second-order valence-corrected chi connectivity index (χ2v) is 5.47. The molecule has 2 unspecified atom stereocenters. The Bertz CT molecular complexity index is 356. The van der Waals surface area contributed by atoms with Gasteiger partial charge < -0.3 is 5.73 Å². The zero-order chi connectivity index (χ0) is 12.3. The van der Waals surface area contributed by atoms with Crippen LogP contribution in [0.1, 0.15) is 63.5 Å². The van der Waals surface area contributed by atoms with Gasteiger partial charge in [-0.05, 0) is 32.1 Å². The third-order valence-corrected chi connectivity index (χ3v) is 4.13. The van der Waals surface area contributed by atoms with Crippen LogP contribution in [0, 0.1) is 12.8 Å². The van der Waals surface area contributed by atoms with Gasteiger partial charge in [0.1, 0.15) is 5.82 Å². The SMILES string of the molecule is CCCC1CCCC(n2ncc(C)c2N)CC1. The first-order valence-electron chi connectivity index (χ1n) is 7.02. The maximum Gasteiger partial charge on any atom is 0.124 e. The fourth-order valence-electron chi connectivity index (χ4n) is 3.05. The summed E-state index contributed by atoms with van der Waals surface area (Å²) in [5.74, 6) is 1.80. The number of hydrogen-bond donors (Lipinski definition) is 1. The molecule has 1 aromatic rings. The molecule has 3 heteroatoms. The number of hydrogen-bond acceptors (Lipinski definition) is 2. The van der Waals surface area contributed by atoms with Crippen molar-refractivity contribution in [2.24, 2.45) is 5.92 Å². The smallest absolute Gasteiger partial charge is 0.124 e. The summed E-state index contributed by atoms with van der Waals surface area (Å²) in [6.45, 7) is 4.33. The lowest BCUT2D eigenvalue weighted by molar-refractivity contribution is 0.388. The average molecular weight is 235 g/mol. The fourth-order valence-corrected chi connectivity index (χ4v) is 3.05. The molecule has 1 heterocycles. The quantitative estimate of drug-likeness (QED) is 0.812. The molecular weight excluding hydrogens is 210 g/mol. The molecule has 1 saturated carbocycles. The lowest BCUT2D eigenvalue weighted by Gasteiger charge is -2.17. The van der Waals surface area contributed by atoms with Crippen LogP contribution in [0.25, 0.3) is 0 Å². The highest BCUT2D eigenvalue weighted by atomic mass is 15.3. The summed E-state index contributed by atoms with van der Waals surface area (Å²) in [6, 6.07) is 0.533. The zero-order valence-corrected chi connectivity index (χ0v) is 11.2. The van der Waals surface area contributed by atoms with Crippen LogP contribution < -0.4 is 5.73 Å². The van der Waals surface area contributed by atoms with E-state index in [9.17, 15) is 0 Å². The Hall–Kier alpha value is -0.990. The van der Waals surface area contributed by atoms with Crippen molar-refractivity contribution in [3.8, 4) is 0 Å². The zero-order valence-electron chi connectivity index (χ0n) is 11.2. The third-order valence-electron chi connectivity index (χ3n) is 4.13. The minimum Gasteiger partial charge on any atom is -0.384 e. The number of rotatable bonds is 3. The van der Waals surface area contributed by atoms with Gasteiger partial charge in [-0.1, -0.05) is 32.6 Å². The molecule has 2 rings (SSSR count). The van der Waals surface area contributed by atoms with Crippen LogP contribution in [0.5, 0.6) is 0 Å². The number of anilines is 1. The van der Waals surface area contributed by atoms with Gasteiger partial charge >= 0.3 is 0 Å². The van der Waals surface area contributed by atoms with Gasteiger partial charge in [0.05, 0.1) is 12.2 Å². The summed E-state index contributed by atoms with van der Waals surface area (Å²) in [6.07, 6.45) is 11.2. The first kappa shape index (κ1) is 12.5. The van der Waals surface area contributed by atoms with Gasteiger partial charge in [-0.3, -0.25) is 0 Å². The highest BCUT2D eigenvalue weighted by molar-refractivity contribution is 5.37. The van der Waals surface area contributed by atoms with E-state index in [0.29, 0.717) is 6.04 Å². The van der Waals surface area contributed by atoms with Crippen LogP contribution in [0.2, 0.25) is 0 Å². The number of nitrogen functional groups attached to an aromatic ring is 1. The Morgan fingerprint density at radius 2 is 2.18 bits per heavy atom. The molecular formula is C14H25N3. The van der Waals surface area contributed by atoms with Crippen molar-refractivity contribution in [1.82, 2.24) is 9.78 Å². The first-order chi connectivity index (χ1) is 8.22. The van der Waals surface area contributed by atoms with E-state index in [0.717, 1.165) is 17.3 Å². The molecule has 0 bridgehead atoms. The van der Waals surface area contributed by atoms with Gasteiger partial charge in [-0.25, -0.2) is 4.68 Å². The largest absolute Gasteiger partial charge is 0.384 e. The molecule has 0 aliphatic heterocycles. The molecule has 1 aromatic heterocycles. The fraction of sp³-hybridized carbons (Fsp3) is 0.786. The Morgan fingerprint density at radius 1 is 1.35 bits per heavy atom. The topological polar surface area (TPSA) is 43.8 Å². The molecule has 1 aliphatic rings. The second kappa shape index (κ2) is 5.56. The summed E-state index contributed by atoms with van der Waals surface area (Å²) < 4.78 is 2.06. The van der Waals surface area contributed by atoms with Gasteiger partial charge in [0, 0.05) is 5.56 Å². The Labute approximate surface area is 104 Å². The van der Waals surface area contributed by atoms with Crippen molar-refractivity contribution in [2.75, 3.05) is 5.73 Å². The predicted molar refractivity (Wildman–Crippen MR) is 71.9 cm³/mol. The lowest BCUT2D eigenvalue weighted by Crippen LogP contribution is -2.13. The van der Waals surface area contributed by atoms with E-state index >= 15 is 0 Å². The Kier molecular flexibility index (Phi) is 4.08. The molecule has 0 amide bonds. The molecule has 2 N–H and O–H groups in total. The van der Waals surface area contributed by atoms with Gasteiger partial charge in [-0.2, -0.15) is 5.10 Å². The van der Waals surface area contributed by atoms with Crippen LogP contribution in [-0.2, 0) is 0 Å². The molecule has 0 radical (unpaired) electrons. The van der Waals surface area contributed by atoms with E-state index in [1.165, 1.54) is 44.9 Å². The summed E-state index contributed by atoms with van der Waals surface area (Å²) in [5, 5.41) is 4.44. The Balaban J connectivity index is 2.01. The molecule has 1 aliphatic carbocycles. The van der Waals surface area contributed by atoms with Crippen molar-refractivity contribution >= 4 is 5.82 Å². The highest BCUT2D eigenvalue weighted by Crippen LogP contribution is 2.33. The number of aromatic nitrogens is 2. The van der Waals surface area contributed by atoms with Crippen molar-refractivity contribution in [3.63, 3.8) is 0 Å². The highest BCUT2D eigenvalue weighted by Gasteiger charge is 2.21. The number of nitrogens with zero attached hydrogens (tertiary/aromatic N) is 2. The molecule has 96 valence electrons. The molecule has 0 aromatic carbocycles. The first-order valence-corrected chi connectivity index (χ1v) is 7.02. The summed E-state index contributed by atoms with van der Waals surface area (Å²) in [7, 11) is 0. The summed E-state index contributed by atoms with van der Waals surface area (Å²) in [5.41, 5.74) is 7.19. The lowest BCUT2D eigenvalue weighted by atomic mass is 9.95. The molecule has 0 spiro atoms. The maximum absolute atomic E-state index is 6.08. The number of nitrogens with two attached hydrogens (primary N) is 1.